The molecular weight excluding hydrogens is 459 g/mol. The molecule has 1 aromatic rings. The van der Waals surface area contributed by atoms with Crippen LogP contribution in [-0.4, -0.2) is 49.9 Å². The van der Waals surface area contributed by atoms with Crippen molar-refractivity contribution >= 4 is 51.7 Å². The fourth-order valence-corrected chi connectivity index (χ4v) is 4.24. The number of nitrogens with one attached hydrogen (secondary N) is 1. The smallest absolute Gasteiger partial charge is 0.238 e. The largest absolute Gasteiger partial charge is 0.352 e. The summed E-state index contributed by atoms with van der Waals surface area (Å²) in [4.78, 5) is 6.71. The number of rotatable bonds is 3. The fraction of sp³-hybridized carbons (Fsp3) is 0.533. The van der Waals surface area contributed by atoms with E-state index in [4.69, 9.17) is 5.14 Å². The van der Waals surface area contributed by atoms with E-state index in [1.54, 1.807) is 19.2 Å². The second kappa shape index (κ2) is 8.72. The summed E-state index contributed by atoms with van der Waals surface area (Å²) in [6.07, 6.45) is 0. The van der Waals surface area contributed by atoms with E-state index in [1.165, 1.54) is 6.07 Å². The van der Waals surface area contributed by atoms with Crippen molar-refractivity contribution in [2.45, 2.75) is 30.0 Å². The minimum absolute atomic E-state index is 0. The van der Waals surface area contributed by atoms with Crippen LogP contribution in [0.3, 0.4) is 0 Å². The number of halogens is 1. The molecule has 1 saturated heterocycles. The Bertz CT molecular complexity index is 692. The molecule has 1 heterocycles. The van der Waals surface area contributed by atoms with Gasteiger partial charge in [-0.25, -0.2) is 13.6 Å². The van der Waals surface area contributed by atoms with Gasteiger partial charge in [-0.3, -0.25) is 4.99 Å². The third-order valence-electron chi connectivity index (χ3n) is 3.61. The van der Waals surface area contributed by atoms with Crippen molar-refractivity contribution in [3.05, 3.63) is 29.8 Å². The molecule has 6 nitrogen and oxygen atoms in total. The molecule has 0 unspecified atom stereocenters. The molecule has 0 aliphatic carbocycles. The van der Waals surface area contributed by atoms with Crippen LogP contribution in [0.4, 0.5) is 0 Å². The van der Waals surface area contributed by atoms with Crippen LogP contribution in [0.25, 0.3) is 0 Å². The number of hydrogen-bond acceptors (Lipinski definition) is 4. The van der Waals surface area contributed by atoms with E-state index in [1.807, 2.05) is 17.8 Å². The van der Waals surface area contributed by atoms with Crippen molar-refractivity contribution < 1.29 is 8.42 Å². The Morgan fingerprint density at radius 3 is 2.75 bits per heavy atom. The van der Waals surface area contributed by atoms with E-state index in [0.29, 0.717) is 6.54 Å². The van der Waals surface area contributed by atoms with Gasteiger partial charge in [0.15, 0.2) is 5.96 Å². The van der Waals surface area contributed by atoms with E-state index < -0.39 is 10.0 Å². The van der Waals surface area contributed by atoms with Crippen LogP contribution in [0.2, 0.25) is 0 Å². The lowest BCUT2D eigenvalue weighted by Crippen LogP contribution is -2.50. The number of benzene rings is 1. The SMILES string of the molecule is CN=C(NCc1cccc(S(N)(=O)=O)c1)N1CCSC(C)(C)C1.I. The Balaban J connectivity index is 0.00000288. The van der Waals surface area contributed by atoms with Crippen molar-refractivity contribution in [1.82, 2.24) is 10.2 Å². The number of thioether (sulfide) groups is 1. The first-order valence-corrected chi connectivity index (χ1v) is 9.96. The zero-order valence-corrected chi connectivity index (χ0v) is 18.1. The predicted octanol–water partition coefficient (Wildman–Crippen LogP) is 1.85. The molecule has 1 aliphatic rings. The molecule has 1 aromatic carbocycles. The zero-order valence-electron chi connectivity index (χ0n) is 14.2. The van der Waals surface area contributed by atoms with Crippen molar-refractivity contribution in [3.8, 4) is 0 Å². The second-order valence-corrected chi connectivity index (χ2v) is 9.49. The van der Waals surface area contributed by atoms with Gasteiger partial charge in [-0.2, -0.15) is 11.8 Å². The maximum Gasteiger partial charge on any atom is 0.238 e. The maximum absolute atomic E-state index is 11.4. The molecule has 1 fully saturated rings. The predicted molar refractivity (Wildman–Crippen MR) is 112 cm³/mol. The number of aliphatic imine (C=N–C) groups is 1. The van der Waals surface area contributed by atoms with Crippen LogP contribution >= 0.6 is 35.7 Å². The van der Waals surface area contributed by atoms with Crippen LogP contribution < -0.4 is 10.5 Å². The molecule has 0 saturated carbocycles. The highest BCUT2D eigenvalue weighted by atomic mass is 127. The first-order valence-electron chi connectivity index (χ1n) is 7.42. The van der Waals surface area contributed by atoms with Gasteiger partial charge in [0.2, 0.25) is 10.0 Å². The Morgan fingerprint density at radius 2 is 2.17 bits per heavy atom. The zero-order chi connectivity index (χ0) is 17.1. The van der Waals surface area contributed by atoms with Crippen LogP contribution in [0.15, 0.2) is 34.2 Å². The number of primary sulfonamides is 1. The molecule has 0 atom stereocenters. The van der Waals surface area contributed by atoms with Gasteiger partial charge >= 0.3 is 0 Å². The first kappa shape index (κ1) is 21.5. The van der Waals surface area contributed by atoms with Crippen molar-refractivity contribution in [3.63, 3.8) is 0 Å². The second-order valence-electron chi connectivity index (χ2n) is 6.12. The highest BCUT2D eigenvalue weighted by Crippen LogP contribution is 2.29. The van der Waals surface area contributed by atoms with E-state index >= 15 is 0 Å². The fourth-order valence-electron chi connectivity index (χ4n) is 2.54. The van der Waals surface area contributed by atoms with E-state index in [9.17, 15) is 8.42 Å². The molecule has 0 aromatic heterocycles. The van der Waals surface area contributed by atoms with E-state index in [-0.39, 0.29) is 33.6 Å². The van der Waals surface area contributed by atoms with Crippen molar-refractivity contribution in [2.24, 2.45) is 10.1 Å². The molecule has 0 bridgehead atoms. The minimum Gasteiger partial charge on any atom is -0.352 e. The normalized spacial score (nSPS) is 18.0. The average molecular weight is 484 g/mol. The van der Waals surface area contributed by atoms with Gasteiger partial charge in [0.25, 0.3) is 0 Å². The van der Waals surface area contributed by atoms with Gasteiger partial charge in [-0.15, -0.1) is 24.0 Å². The Morgan fingerprint density at radius 1 is 1.46 bits per heavy atom. The summed E-state index contributed by atoms with van der Waals surface area (Å²) < 4.78 is 23.0. The summed E-state index contributed by atoms with van der Waals surface area (Å²) in [5.74, 6) is 1.90. The van der Waals surface area contributed by atoms with E-state index in [2.05, 4.69) is 29.1 Å². The summed E-state index contributed by atoms with van der Waals surface area (Å²) in [5.41, 5.74) is 0.850. The molecule has 3 N–H and O–H groups in total. The molecule has 136 valence electrons. The lowest BCUT2D eigenvalue weighted by Gasteiger charge is -2.39. The third-order valence-corrected chi connectivity index (χ3v) is 5.82. The molecular formula is C15H25IN4O2S2. The molecule has 0 radical (unpaired) electrons. The maximum atomic E-state index is 11.4. The van der Waals surface area contributed by atoms with Crippen LogP contribution in [0.1, 0.15) is 19.4 Å². The molecule has 24 heavy (non-hydrogen) atoms. The first-order chi connectivity index (χ1) is 10.7. The lowest BCUT2D eigenvalue weighted by atomic mass is 10.2. The van der Waals surface area contributed by atoms with Gasteiger partial charge in [0, 0.05) is 37.2 Å². The Labute approximate surface area is 165 Å². The monoisotopic (exact) mass is 484 g/mol. The Hall–Kier alpha value is -0.520. The number of nitrogens with zero attached hydrogens (tertiary/aromatic N) is 2. The highest BCUT2D eigenvalue weighted by Gasteiger charge is 2.28. The molecule has 1 aliphatic heterocycles. The van der Waals surface area contributed by atoms with Gasteiger partial charge in [-0.05, 0) is 31.5 Å². The molecule has 2 rings (SSSR count). The van der Waals surface area contributed by atoms with Crippen LogP contribution in [0, 0.1) is 0 Å². The summed E-state index contributed by atoms with van der Waals surface area (Å²) in [6, 6.07) is 6.65. The van der Waals surface area contributed by atoms with E-state index in [0.717, 1.165) is 30.4 Å². The quantitative estimate of drug-likeness (QED) is 0.389. The van der Waals surface area contributed by atoms with Crippen molar-refractivity contribution in [1.29, 1.82) is 0 Å². The Kier molecular flexibility index (Phi) is 7.82. The highest BCUT2D eigenvalue weighted by molar-refractivity contribution is 14.0. The molecule has 0 spiro atoms. The summed E-state index contributed by atoms with van der Waals surface area (Å²) in [5, 5.41) is 8.47. The molecule has 9 heteroatoms. The topological polar surface area (TPSA) is 87.8 Å². The number of sulfonamides is 1. The third kappa shape index (κ3) is 6.08. The summed E-state index contributed by atoms with van der Waals surface area (Å²) >= 11 is 1.97. The van der Waals surface area contributed by atoms with Gasteiger partial charge in [0.05, 0.1) is 4.90 Å². The van der Waals surface area contributed by atoms with Gasteiger partial charge < -0.3 is 10.2 Å². The number of guanidine groups is 1. The van der Waals surface area contributed by atoms with Crippen LogP contribution in [-0.2, 0) is 16.6 Å². The standard InChI is InChI=1S/C15H24N4O2S2.HI/c1-15(2)11-19(7-8-22-15)14(17-3)18-10-12-5-4-6-13(9-12)23(16,20)21;/h4-6,9H,7-8,10-11H2,1-3H3,(H,17,18)(H2,16,20,21);1H. The summed E-state index contributed by atoms with van der Waals surface area (Å²) in [7, 11) is -1.91. The average Bonchev–Trinajstić information content (AvgIpc) is 2.46. The van der Waals surface area contributed by atoms with Gasteiger partial charge in [0.1, 0.15) is 0 Å². The number of nitrogens with two attached hydrogens (primary N) is 1. The van der Waals surface area contributed by atoms with Gasteiger partial charge in [-0.1, -0.05) is 12.1 Å². The lowest BCUT2D eigenvalue weighted by molar-refractivity contribution is 0.375. The number of hydrogen-bond donors (Lipinski definition) is 2. The van der Waals surface area contributed by atoms with Crippen molar-refractivity contribution in [2.75, 3.05) is 25.9 Å². The van der Waals surface area contributed by atoms with Crippen LogP contribution in [0.5, 0.6) is 0 Å². The summed E-state index contributed by atoms with van der Waals surface area (Å²) in [6.45, 7) is 6.83. The molecule has 0 amide bonds. The minimum atomic E-state index is -3.68.